The van der Waals surface area contributed by atoms with Gasteiger partial charge in [0.05, 0.1) is 34.9 Å². The number of alkyl halides is 1. The number of carbonyl (C=O) groups is 1. The normalized spacial score (nSPS) is 19.2. The molecule has 1 saturated heterocycles. The highest BCUT2D eigenvalue weighted by Crippen LogP contribution is 2.27. The third-order valence-electron chi connectivity index (χ3n) is 5.98. The van der Waals surface area contributed by atoms with Crippen molar-refractivity contribution in [1.29, 1.82) is 0 Å². The van der Waals surface area contributed by atoms with E-state index < -0.39 is 23.9 Å². The lowest BCUT2D eigenvalue weighted by Crippen LogP contribution is -2.50. The van der Waals surface area contributed by atoms with Crippen LogP contribution in [0, 0.1) is 5.82 Å². The zero-order valence-electron chi connectivity index (χ0n) is 17.1. The van der Waals surface area contributed by atoms with Gasteiger partial charge in [-0.25, -0.2) is 8.78 Å². The number of carbonyl (C=O) groups excluding carboxylic acids is 1. The fourth-order valence-corrected chi connectivity index (χ4v) is 4.41. The molecule has 1 amide bonds. The number of nitrogens with one attached hydrogen (secondary N) is 2. The van der Waals surface area contributed by atoms with Crippen LogP contribution in [0.2, 0.25) is 0 Å². The van der Waals surface area contributed by atoms with Crippen molar-refractivity contribution in [2.75, 3.05) is 13.1 Å². The molecule has 2 aromatic heterocycles. The number of nitrogens with zero attached hydrogens (tertiary/aromatic N) is 3. The van der Waals surface area contributed by atoms with Crippen molar-refractivity contribution in [3.63, 3.8) is 0 Å². The Balaban J connectivity index is 1.54. The highest BCUT2D eigenvalue weighted by molar-refractivity contribution is 6.07. The zero-order chi connectivity index (χ0) is 21.5. The summed E-state index contributed by atoms with van der Waals surface area (Å²) in [5.41, 5.74) is 2.63. The first kappa shape index (κ1) is 19.7. The summed E-state index contributed by atoms with van der Waals surface area (Å²) in [4.78, 5) is 13.0. The molecule has 2 atom stereocenters. The first-order valence-electron chi connectivity index (χ1n) is 10.4. The van der Waals surface area contributed by atoms with Crippen molar-refractivity contribution in [2.24, 2.45) is 7.05 Å². The molecule has 2 N–H and O–H groups in total. The average Bonchev–Trinajstić information content (AvgIpc) is 3.29. The Labute approximate surface area is 177 Å². The number of piperidine rings is 1. The summed E-state index contributed by atoms with van der Waals surface area (Å²) < 4.78 is 32.6. The topological polar surface area (TPSA) is 63.9 Å². The van der Waals surface area contributed by atoms with Crippen LogP contribution in [0.5, 0.6) is 0 Å². The van der Waals surface area contributed by atoms with Crippen molar-refractivity contribution in [3.8, 4) is 0 Å². The first-order valence-corrected chi connectivity index (χ1v) is 10.4. The Morgan fingerprint density at radius 1 is 1.23 bits per heavy atom. The van der Waals surface area contributed by atoms with E-state index in [1.807, 2.05) is 40.6 Å². The second-order valence-electron chi connectivity index (χ2n) is 7.98. The highest BCUT2D eigenvalue weighted by atomic mass is 19.1. The molecule has 6 nitrogen and oxygen atoms in total. The van der Waals surface area contributed by atoms with Crippen LogP contribution in [0.4, 0.5) is 8.78 Å². The quantitative estimate of drug-likeness (QED) is 0.530. The van der Waals surface area contributed by atoms with Crippen molar-refractivity contribution in [1.82, 2.24) is 25.0 Å². The van der Waals surface area contributed by atoms with Crippen LogP contribution in [0.1, 0.15) is 22.5 Å². The molecule has 0 saturated carbocycles. The van der Waals surface area contributed by atoms with Crippen molar-refractivity contribution >= 4 is 27.7 Å². The number of halogens is 2. The monoisotopic (exact) mass is 423 g/mol. The lowest BCUT2D eigenvalue weighted by Gasteiger charge is -2.27. The Kier molecular flexibility index (Phi) is 4.94. The molecule has 0 radical (unpaired) electrons. The maximum absolute atomic E-state index is 14.8. The van der Waals surface area contributed by atoms with Crippen molar-refractivity contribution in [2.45, 2.75) is 25.2 Å². The second-order valence-corrected chi connectivity index (χ2v) is 7.98. The summed E-state index contributed by atoms with van der Waals surface area (Å²) in [5, 5.41) is 11.6. The maximum Gasteiger partial charge on any atom is 0.253 e. The van der Waals surface area contributed by atoms with Gasteiger partial charge < -0.3 is 15.2 Å². The number of fused-ring (bicyclic) bond motifs is 2. The molecular weight excluding hydrogens is 400 g/mol. The van der Waals surface area contributed by atoms with Gasteiger partial charge >= 0.3 is 0 Å². The van der Waals surface area contributed by atoms with Gasteiger partial charge in [0.15, 0.2) is 0 Å². The van der Waals surface area contributed by atoms with E-state index in [2.05, 4.69) is 15.7 Å². The van der Waals surface area contributed by atoms with Crippen LogP contribution in [-0.4, -0.2) is 45.6 Å². The minimum absolute atomic E-state index is 0.202. The summed E-state index contributed by atoms with van der Waals surface area (Å²) in [6.45, 7) is 1.22. The average molecular weight is 423 g/mol. The number of aryl methyl sites for hydroxylation is 1. The predicted octanol–water partition coefficient (Wildman–Crippen LogP) is 3.15. The lowest BCUT2D eigenvalue weighted by molar-refractivity contribution is 0.0893. The molecule has 0 unspecified atom stereocenters. The molecule has 31 heavy (non-hydrogen) atoms. The molecule has 2 aromatic carbocycles. The molecule has 0 bridgehead atoms. The molecular formula is C23H23F2N5O. The van der Waals surface area contributed by atoms with E-state index in [0.29, 0.717) is 25.0 Å². The number of amides is 1. The molecule has 8 heteroatoms. The summed E-state index contributed by atoms with van der Waals surface area (Å²) in [6, 6.07) is 12.0. The van der Waals surface area contributed by atoms with Crippen LogP contribution in [0.15, 0.2) is 48.7 Å². The van der Waals surface area contributed by atoms with E-state index in [1.165, 1.54) is 6.07 Å². The lowest BCUT2D eigenvalue weighted by atomic mass is 10.0. The van der Waals surface area contributed by atoms with Crippen LogP contribution in [0.3, 0.4) is 0 Å². The van der Waals surface area contributed by atoms with Crippen LogP contribution >= 0.6 is 0 Å². The highest BCUT2D eigenvalue weighted by Gasteiger charge is 2.28. The molecule has 1 aliphatic heterocycles. The van der Waals surface area contributed by atoms with E-state index in [0.717, 1.165) is 16.6 Å². The zero-order valence-corrected chi connectivity index (χ0v) is 17.1. The van der Waals surface area contributed by atoms with Gasteiger partial charge in [0.25, 0.3) is 5.91 Å². The smallest absolute Gasteiger partial charge is 0.253 e. The van der Waals surface area contributed by atoms with Gasteiger partial charge in [-0.3, -0.25) is 9.48 Å². The van der Waals surface area contributed by atoms with Gasteiger partial charge in [-0.1, -0.05) is 24.3 Å². The predicted molar refractivity (Wildman–Crippen MR) is 115 cm³/mol. The summed E-state index contributed by atoms with van der Waals surface area (Å²) in [6.07, 6.45) is 0.963. The second kappa shape index (κ2) is 7.77. The third-order valence-corrected chi connectivity index (χ3v) is 5.98. The van der Waals surface area contributed by atoms with Gasteiger partial charge in [-0.05, 0) is 31.2 Å². The molecule has 3 heterocycles. The summed E-state index contributed by atoms with van der Waals surface area (Å²) in [5.74, 6) is -0.941. The molecule has 1 fully saturated rings. The Hall–Kier alpha value is -3.26. The molecule has 160 valence electrons. The van der Waals surface area contributed by atoms with E-state index in [1.54, 1.807) is 18.3 Å². The van der Waals surface area contributed by atoms with Crippen molar-refractivity contribution in [3.05, 3.63) is 65.7 Å². The van der Waals surface area contributed by atoms with Gasteiger partial charge in [-0.2, -0.15) is 5.10 Å². The van der Waals surface area contributed by atoms with E-state index in [-0.39, 0.29) is 17.5 Å². The maximum atomic E-state index is 14.8. The minimum atomic E-state index is -1.17. The van der Waals surface area contributed by atoms with Gasteiger partial charge in [0.1, 0.15) is 12.0 Å². The van der Waals surface area contributed by atoms with E-state index in [4.69, 9.17) is 0 Å². The fraction of sp³-hybridized carbons (Fsp3) is 0.304. The van der Waals surface area contributed by atoms with Crippen LogP contribution in [0.25, 0.3) is 21.8 Å². The number of aromatic nitrogens is 3. The van der Waals surface area contributed by atoms with Crippen molar-refractivity contribution < 1.29 is 13.6 Å². The number of para-hydroxylation sites is 1. The first-order chi connectivity index (χ1) is 15.0. The fourth-order valence-electron chi connectivity index (χ4n) is 4.41. The number of hydrogen-bond acceptors (Lipinski definition) is 3. The van der Waals surface area contributed by atoms with Gasteiger partial charge in [-0.15, -0.1) is 0 Å². The molecule has 4 aromatic rings. The Morgan fingerprint density at radius 3 is 2.87 bits per heavy atom. The summed E-state index contributed by atoms with van der Waals surface area (Å²) in [7, 11) is 1.88. The SMILES string of the molecule is Cn1nc(Cn2cc(C(=O)N[C@H]3CCNC[C@H]3F)c3c(F)cccc32)c2ccccc21. The Bertz CT molecular complexity index is 1280. The van der Waals surface area contributed by atoms with Gasteiger partial charge in [0.2, 0.25) is 0 Å². The largest absolute Gasteiger partial charge is 0.346 e. The van der Waals surface area contributed by atoms with E-state index >= 15 is 0 Å². The van der Waals surface area contributed by atoms with E-state index in [9.17, 15) is 13.6 Å². The Morgan fingerprint density at radius 2 is 2.03 bits per heavy atom. The molecule has 0 spiro atoms. The summed E-state index contributed by atoms with van der Waals surface area (Å²) >= 11 is 0. The number of benzene rings is 2. The molecule has 5 rings (SSSR count). The molecule has 0 aliphatic carbocycles. The van der Waals surface area contributed by atoms with Gasteiger partial charge in [0, 0.05) is 30.6 Å². The molecule has 1 aliphatic rings. The third kappa shape index (κ3) is 3.46. The van der Waals surface area contributed by atoms with Crippen LogP contribution in [-0.2, 0) is 13.6 Å². The van der Waals surface area contributed by atoms with Crippen LogP contribution < -0.4 is 10.6 Å². The number of hydrogen-bond donors (Lipinski definition) is 2. The number of rotatable bonds is 4. The minimum Gasteiger partial charge on any atom is -0.346 e. The standard InChI is InChI=1S/C23H23F2N5O/c1-29-20-7-3-2-5-14(20)19(28-29)13-30-12-15(22-16(24)6-4-8-21(22)30)23(31)27-18-9-10-26-11-17(18)25/h2-8,12,17-18,26H,9-11,13H2,1H3,(H,27,31)/t17-,18+/m1/s1.